The first-order chi connectivity index (χ1) is 17.1. The third-order valence-corrected chi connectivity index (χ3v) is 7.31. The van der Waals surface area contributed by atoms with Crippen molar-refractivity contribution >= 4 is 40.6 Å². The van der Waals surface area contributed by atoms with Gasteiger partial charge < -0.3 is 9.73 Å². The van der Waals surface area contributed by atoms with Gasteiger partial charge in [0.2, 0.25) is 5.82 Å². The fourth-order valence-corrected chi connectivity index (χ4v) is 5.25. The Hall–Kier alpha value is -3.47. The number of furan rings is 1. The quantitative estimate of drug-likeness (QED) is 0.266. The summed E-state index contributed by atoms with van der Waals surface area (Å²) < 4.78 is 7.52. The number of aryl methyl sites for hydroxylation is 1. The second-order valence-electron chi connectivity index (χ2n) is 7.50. The van der Waals surface area contributed by atoms with Gasteiger partial charge in [-0.25, -0.2) is 4.98 Å². The van der Waals surface area contributed by atoms with E-state index in [-0.39, 0.29) is 5.91 Å². The van der Waals surface area contributed by atoms with E-state index < -0.39 is 0 Å². The third kappa shape index (κ3) is 5.29. The van der Waals surface area contributed by atoms with E-state index in [2.05, 4.69) is 25.5 Å². The van der Waals surface area contributed by atoms with Crippen molar-refractivity contribution in [2.75, 3.05) is 0 Å². The average molecular weight is 523 g/mol. The van der Waals surface area contributed by atoms with E-state index in [1.807, 2.05) is 54.0 Å². The van der Waals surface area contributed by atoms with Gasteiger partial charge in [0.15, 0.2) is 10.9 Å². The van der Waals surface area contributed by atoms with E-state index in [4.69, 9.17) is 16.0 Å². The van der Waals surface area contributed by atoms with Crippen LogP contribution in [-0.2, 0) is 12.3 Å². The summed E-state index contributed by atoms with van der Waals surface area (Å²) in [5.74, 6) is 1.49. The van der Waals surface area contributed by atoms with Gasteiger partial charge in [0, 0.05) is 29.3 Å². The third-order valence-electron chi connectivity index (χ3n) is 5.10. The van der Waals surface area contributed by atoms with Crippen LogP contribution in [0.15, 0.2) is 76.1 Å². The Morgan fingerprint density at radius 3 is 2.86 bits per heavy atom. The van der Waals surface area contributed by atoms with Gasteiger partial charge in [-0.1, -0.05) is 29.4 Å². The topological polar surface area (TPSA) is 98.7 Å². The second-order valence-corrected chi connectivity index (χ2v) is 9.82. The first-order valence-electron chi connectivity index (χ1n) is 10.6. The zero-order valence-corrected chi connectivity index (χ0v) is 20.9. The van der Waals surface area contributed by atoms with E-state index in [9.17, 15) is 4.79 Å². The highest BCUT2D eigenvalue weighted by atomic mass is 35.5. The van der Waals surface area contributed by atoms with Gasteiger partial charge >= 0.3 is 0 Å². The fourth-order valence-electron chi connectivity index (χ4n) is 3.35. The summed E-state index contributed by atoms with van der Waals surface area (Å²) in [6.07, 6.45) is 4.99. The van der Waals surface area contributed by atoms with E-state index in [1.54, 1.807) is 24.0 Å². The van der Waals surface area contributed by atoms with Crippen molar-refractivity contribution in [2.45, 2.75) is 24.4 Å². The largest absolute Gasteiger partial charge is 0.461 e. The number of carbonyl (C=O) groups excluding carboxylic acids is 1. The Morgan fingerprint density at radius 1 is 1.20 bits per heavy atom. The summed E-state index contributed by atoms with van der Waals surface area (Å²) in [5.41, 5.74) is 3.25. The van der Waals surface area contributed by atoms with Gasteiger partial charge in [0.1, 0.15) is 10.7 Å². The first-order valence-corrected chi connectivity index (χ1v) is 12.8. The van der Waals surface area contributed by atoms with Crippen LogP contribution in [0, 0.1) is 6.92 Å². The minimum Gasteiger partial charge on any atom is -0.461 e. The molecule has 0 spiro atoms. The van der Waals surface area contributed by atoms with Crippen LogP contribution in [0.1, 0.15) is 26.6 Å². The lowest BCUT2D eigenvalue weighted by Gasteiger charge is -2.12. The molecule has 0 aliphatic rings. The summed E-state index contributed by atoms with van der Waals surface area (Å²) in [7, 11) is 0. The molecular formula is C24H19ClN6O2S2. The molecule has 0 atom stereocenters. The molecule has 11 heteroatoms. The maximum Gasteiger partial charge on any atom is 0.271 e. The number of benzene rings is 1. The molecule has 0 saturated carbocycles. The van der Waals surface area contributed by atoms with Crippen LogP contribution in [0.2, 0.25) is 5.02 Å². The van der Waals surface area contributed by atoms with Crippen molar-refractivity contribution in [3.05, 3.63) is 93.4 Å². The Kier molecular flexibility index (Phi) is 6.94. The molecule has 1 amide bonds. The minimum atomic E-state index is -0.216. The molecule has 1 N–H and O–H groups in total. The van der Waals surface area contributed by atoms with E-state index in [0.717, 1.165) is 21.8 Å². The van der Waals surface area contributed by atoms with Gasteiger partial charge in [0.25, 0.3) is 5.91 Å². The predicted molar refractivity (Wildman–Crippen MR) is 136 cm³/mol. The molecule has 8 nitrogen and oxygen atoms in total. The zero-order valence-electron chi connectivity index (χ0n) is 18.5. The number of nitrogens with zero attached hydrogens (tertiary/aromatic N) is 5. The molecule has 0 saturated heterocycles. The summed E-state index contributed by atoms with van der Waals surface area (Å²) in [6, 6.07) is 13.0. The van der Waals surface area contributed by atoms with Crippen molar-refractivity contribution in [1.29, 1.82) is 0 Å². The smallest absolute Gasteiger partial charge is 0.271 e. The second kappa shape index (κ2) is 10.4. The van der Waals surface area contributed by atoms with Crippen LogP contribution >= 0.6 is 34.7 Å². The van der Waals surface area contributed by atoms with Gasteiger partial charge in [-0.3, -0.25) is 14.3 Å². The number of thiazole rings is 1. The molecular weight excluding hydrogens is 504 g/mol. The Labute approximate surface area is 214 Å². The molecule has 0 bridgehead atoms. The number of nitrogens with one attached hydrogen (secondary N) is 1. The molecule has 0 unspecified atom stereocenters. The highest BCUT2D eigenvalue weighted by Crippen LogP contribution is 2.32. The summed E-state index contributed by atoms with van der Waals surface area (Å²) in [5, 5.41) is 15.5. The van der Waals surface area contributed by atoms with E-state index in [0.29, 0.717) is 39.8 Å². The van der Waals surface area contributed by atoms with Crippen molar-refractivity contribution in [3.63, 3.8) is 0 Å². The number of pyridine rings is 1. The molecule has 4 heterocycles. The molecule has 0 fully saturated rings. The van der Waals surface area contributed by atoms with Gasteiger partial charge in [-0.05, 0) is 54.4 Å². The maximum atomic E-state index is 12.5. The van der Waals surface area contributed by atoms with E-state index in [1.165, 1.54) is 23.1 Å². The average Bonchev–Trinajstić information content (AvgIpc) is 3.64. The molecule has 4 aromatic heterocycles. The number of thioether (sulfide) groups is 1. The predicted octanol–water partition coefficient (Wildman–Crippen LogP) is 5.56. The highest BCUT2D eigenvalue weighted by Gasteiger charge is 2.20. The number of amides is 1. The number of hydrogen-bond donors (Lipinski definition) is 1. The van der Waals surface area contributed by atoms with Crippen LogP contribution in [0.25, 0.3) is 17.3 Å². The molecule has 5 rings (SSSR count). The lowest BCUT2D eigenvalue weighted by molar-refractivity contribution is 0.0946. The monoisotopic (exact) mass is 522 g/mol. The number of aromatic nitrogens is 5. The van der Waals surface area contributed by atoms with Gasteiger partial charge in [-0.2, -0.15) is 0 Å². The fraction of sp³-hybridized carbons (Fsp3) is 0.125. The molecule has 0 radical (unpaired) electrons. The lowest BCUT2D eigenvalue weighted by Crippen LogP contribution is -2.23. The number of hydrogen-bond acceptors (Lipinski definition) is 8. The molecule has 5 aromatic rings. The minimum absolute atomic E-state index is 0.216. The summed E-state index contributed by atoms with van der Waals surface area (Å²) >= 11 is 9.21. The Bertz CT molecular complexity index is 1450. The van der Waals surface area contributed by atoms with Crippen molar-refractivity contribution in [1.82, 2.24) is 30.0 Å². The normalized spacial score (nSPS) is 11.0. The van der Waals surface area contributed by atoms with Gasteiger partial charge in [0.05, 0.1) is 17.7 Å². The molecule has 176 valence electrons. The van der Waals surface area contributed by atoms with Crippen LogP contribution in [0.4, 0.5) is 0 Å². The standard InChI is InChI=1S/C24H19ClN6O2S2/c1-15-4-5-17(25)11-19(15)31-22(20-3-2-10-33-20)29-30-24(31)35-14-21-28-18(13-34-21)23(32)27-12-16-6-8-26-9-7-16/h2-11,13H,12,14H2,1H3,(H,27,32). The van der Waals surface area contributed by atoms with Crippen LogP contribution in [0.5, 0.6) is 0 Å². The summed E-state index contributed by atoms with van der Waals surface area (Å²) in [6.45, 7) is 2.42. The van der Waals surface area contributed by atoms with Gasteiger partial charge in [-0.15, -0.1) is 21.5 Å². The molecule has 0 aliphatic heterocycles. The van der Waals surface area contributed by atoms with Crippen molar-refractivity contribution < 1.29 is 9.21 Å². The summed E-state index contributed by atoms with van der Waals surface area (Å²) in [4.78, 5) is 21.0. The number of carbonyl (C=O) groups is 1. The van der Waals surface area contributed by atoms with Crippen LogP contribution in [0.3, 0.4) is 0 Å². The molecule has 35 heavy (non-hydrogen) atoms. The SMILES string of the molecule is Cc1ccc(Cl)cc1-n1c(SCc2nc(C(=O)NCc3ccncc3)cs2)nnc1-c1ccco1. The van der Waals surface area contributed by atoms with Crippen LogP contribution < -0.4 is 5.32 Å². The van der Waals surface area contributed by atoms with Crippen LogP contribution in [-0.4, -0.2) is 30.6 Å². The molecule has 0 aliphatic carbocycles. The highest BCUT2D eigenvalue weighted by molar-refractivity contribution is 7.98. The number of halogens is 1. The zero-order chi connectivity index (χ0) is 24.2. The molecule has 1 aromatic carbocycles. The van der Waals surface area contributed by atoms with Crippen molar-refractivity contribution in [2.24, 2.45) is 0 Å². The Balaban J connectivity index is 1.34. The Morgan fingerprint density at radius 2 is 2.06 bits per heavy atom. The van der Waals surface area contributed by atoms with Crippen molar-refractivity contribution in [3.8, 4) is 17.3 Å². The first kappa shape index (κ1) is 23.3. The van der Waals surface area contributed by atoms with E-state index >= 15 is 0 Å². The maximum absolute atomic E-state index is 12.5. The number of rotatable bonds is 8. The lowest BCUT2D eigenvalue weighted by atomic mass is 10.2.